The van der Waals surface area contributed by atoms with Gasteiger partial charge >= 0.3 is 6.18 Å². The zero-order valence-electron chi connectivity index (χ0n) is 11.7. The van der Waals surface area contributed by atoms with Crippen molar-refractivity contribution in [3.05, 3.63) is 52.8 Å². The van der Waals surface area contributed by atoms with Crippen molar-refractivity contribution in [2.45, 2.75) is 31.5 Å². The molecule has 0 bridgehead atoms. The summed E-state index contributed by atoms with van der Waals surface area (Å²) in [5.41, 5.74) is 0.653. The summed E-state index contributed by atoms with van der Waals surface area (Å²) in [5.74, 6) is -0.614. The number of nitrogens with zero attached hydrogens (tertiary/aromatic N) is 1. The Morgan fingerprint density at radius 3 is 2.73 bits per heavy atom. The minimum absolute atomic E-state index is 0.240. The van der Waals surface area contributed by atoms with Crippen LogP contribution in [0.15, 0.2) is 30.5 Å². The van der Waals surface area contributed by atoms with E-state index >= 15 is 0 Å². The van der Waals surface area contributed by atoms with E-state index in [2.05, 4.69) is 15.5 Å². The van der Waals surface area contributed by atoms with E-state index in [0.29, 0.717) is 17.7 Å². The molecule has 4 nitrogen and oxygen atoms in total. The van der Waals surface area contributed by atoms with Crippen molar-refractivity contribution in [3.8, 4) is 0 Å². The van der Waals surface area contributed by atoms with Gasteiger partial charge in [-0.1, -0.05) is 18.2 Å². The van der Waals surface area contributed by atoms with Crippen LogP contribution in [0.4, 0.5) is 13.2 Å². The Kier molecular flexibility index (Phi) is 3.42. The van der Waals surface area contributed by atoms with Crippen LogP contribution in [-0.4, -0.2) is 22.1 Å². The highest BCUT2D eigenvalue weighted by molar-refractivity contribution is 5.95. The van der Waals surface area contributed by atoms with Gasteiger partial charge in [0.25, 0.3) is 5.91 Å². The summed E-state index contributed by atoms with van der Waals surface area (Å²) in [5, 5.41) is 9.17. The van der Waals surface area contributed by atoms with Gasteiger partial charge in [0.15, 0.2) is 0 Å². The first-order chi connectivity index (χ1) is 10.4. The van der Waals surface area contributed by atoms with Crippen LogP contribution >= 0.6 is 0 Å². The second kappa shape index (κ2) is 5.15. The van der Waals surface area contributed by atoms with Crippen molar-refractivity contribution < 1.29 is 18.0 Å². The lowest BCUT2D eigenvalue weighted by molar-refractivity contribution is -0.138. The minimum Gasteiger partial charge on any atom is -0.349 e. The molecule has 1 aliphatic carbocycles. The Morgan fingerprint density at radius 1 is 1.36 bits per heavy atom. The summed E-state index contributed by atoms with van der Waals surface area (Å²) >= 11 is 0. The lowest BCUT2D eigenvalue weighted by Gasteiger charge is -2.12. The number of hydrogen-bond donors (Lipinski definition) is 2. The predicted molar refractivity (Wildman–Crippen MR) is 73.4 cm³/mol. The molecule has 3 rings (SSSR count). The monoisotopic (exact) mass is 309 g/mol. The van der Waals surface area contributed by atoms with Crippen molar-refractivity contribution in [1.29, 1.82) is 0 Å². The summed E-state index contributed by atoms with van der Waals surface area (Å²) < 4.78 is 39.0. The van der Waals surface area contributed by atoms with Gasteiger partial charge in [-0.2, -0.15) is 18.3 Å². The van der Waals surface area contributed by atoms with Gasteiger partial charge in [0.2, 0.25) is 0 Å². The van der Waals surface area contributed by atoms with E-state index in [0.717, 1.165) is 6.07 Å². The molecule has 2 aromatic rings. The second-order valence-corrected chi connectivity index (χ2v) is 5.42. The fourth-order valence-electron chi connectivity index (χ4n) is 2.60. The van der Waals surface area contributed by atoms with Gasteiger partial charge < -0.3 is 5.32 Å². The normalized spacial score (nSPS) is 20.7. The third-order valence-electron chi connectivity index (χ3n) is 3.85. The Hall–Kier alpha value is -2.31. The first-order valence-corrected chi connectivity index (χ1v) is 6.85. The number of halogens is 3. The van der Waals surface area contributed by atoms with Crippen LogP contribution in [0.1, 0.15) is 39.5 Å². The Balaban J connectivity index is 1.73. The summed E-state index contributed by atoms with van der Waals surface area (Å²) in [6.07, 6.45) is -2.46. The SMILES string of the molecule is Cc1[nH]ncc1C(=O)N[C@@H]1C[C@H]1c1ccccc1C(F)(F)F. The quantitative estimate of drug-likeness (QED) is 0.915. The Bertz CT molecular complexity index is 708. The average Bonchev–Trinajstić information content (AvgIpc) is 3.08. The number of rotatable bonds is 3. The van der Waals surface area contributed by atoms with Crippen LogP contribution in [0.3, 0.4) is 0 Å². The van der Waals surface area contributed by atoms with Gasteiger partial charge in [0.05, 0.1) is 17.3 Å². The molecule has 0 unspecified atom stereocenters. The fraction of sp³-hybridized carbons (Fsp3) is 0.333. The molecule has 1 fully saturated rings. The lowest BCUT2D eigenvalue weighted by Crippen LogP contribution is -2.27. The van der Waals surface area contributed by atoms with Crippen LogP contribution < -0.4 is 5.32 Å². The van der Waals surface area contributed by atoms with Crippen molar-refractivity contribution in [2.75, 3.05) is 0 Å². The summed E-state index contributed by atoms with van der Waals surface area (Å²) in [7, 11) is 0. The van der Waals surface area contributed by atoms with Gasteiger partial charge in [-0.05, 0) is 25.0 Å². The zero-order valence-corrected chi connectivity index (χ0v) is 11.7. The summed E-state index contributed by atoms with van der Waals surface area (Å²) in [4.78, 5) is 12.0. The largest absolute Gasteiger partial charge is 0.416 e. The highest BCUT2D eigenvalue weighted by atomic mass is 19.4. The maximum Gasteiger partial charge on any atom is 0.416 e. The molecule has 0 spiro atoms. The number of aryl methyl sites for hydroxylation is 1. The number of H-pyrrole nitrogens is 1. The Labute approximate surface area is 124 Å². The van der Waals surface area contributed by atoms with Crippen LogP contribution in [0, 0.1) is 6.92 Å². The van der Waals surface area contributed by atoms with Gasteiger partial charge in [-0.25, -0.2) is 0 Å². The molecular weight excluding hydrogens is 295 g/mol. The van der Waals surface area contributed by atoms with E-state index in [-0.39, 0.29) is 23.4 Å². The van der Waals surface area contributed by atoms with Crippen LogP contribution in [0.25, 0.3) is 0 Å². The number of carbonyl (C=O) groups excluding carboxylic acids is 1. The number of nitrogens with one attached hydrogen (secondary N) is 2. The van der Waals surface area contributed by atoms with E-state index in [1.807, 2.05) is 0 Å². The number of amides is 1. The number of aromatic nitrogens is 2. The van der Waals surface area contributed by atoms with Gasteiger partial charge in [0.1, 0.15) is 0 Å². The molecular formula is C15H14F3N3O. The molecule has 1 amide bonds. The highest BCUT2D eigenvalue weighted by Crippen LogP contribution is 2.46. The number of aromatic amines is 1. The molecule has 1 aromatic heterocycles. The average molecular weight is 309 g/mol. The van der Waals surface area contributed by atoms with Gasteiger partial charge in [-0.3, -0.25) is 9.89 Å². The van der Waals surface area contributed by atoms with Gasteiger partial charge in [-0.15, -0.1) is 0 Å². The molecule has 116 valence electrons. The summed E-state index contributed by atoms with van der Waals surface area (Å²) in [6, 6.07) is 5.24. The number of alkyl halides is 3. The smallest absolute Gasteiger partial charge is 0.349 e. The van der Waals surface area contributed by atoms with Crippen molar-refractivity contribution in [2.24, 2.45) is 0 Å². The fourth-order valence-corrected chi connectivity index (χ4v) is 2.60. The lowest BCUT2D eigenvalue weighted by atomic mass is 10.0. The van der Waals surface area contributed by atoms with Crippen LogP contribution in [0.2, 0.25) is 0 Å². The second-order valence-electron chi connectivity index (χ2n) is 5.42. The van der Waals surface area contributed by atoms with E-state index in [4.69, 9.17) is 0 Å². The first-order valence-electron chi connectivity index (χ1n) is 6.85. The first kappa shape index (κ1) is 14.6. The molecule has 1 heterocycles. The molecule has 2 atom stereocenters. The van der Waals surface area contributed by atoms with E-state index in [9.17, 15) is 18.0 Å². The molecule has 7 heteroatoms. The number of benzene rings is 1. The van der Waals surface area contributed by atoms with Crippen LogP contribution in [-0.2, 0) is 6.18 Å². The molecule has 0 aliphatic heterocycles. The van der Waals surface area contributed by atoms with E-state index < -0.39 is 11.7 Å². The van der Waals surface area contributed by atoms with Gasteiger partial charge in [0, 0.05) is 17.7 Å². The minimum atomic E-state index is -4.38. The third kappa shape index (κ3) is 2.70. The maximum absolute atomic E-state index is 13.0. The highest BCUT2D eigenvalue weighted by Gasteiger charge is 2.45. The molecule has 1 saturated carbocycles. The maximum atomic E-state index is 13.0. The van der Waals surface area contributed by atoms with Crippen molar-refractivity contribution >= 4 is 5.91 Å². The molecule has 0 saturated heterocycles. The van der Waals surface area contributed by atoms with Crippen molar-refractivity contribution in [3.63, 3.8) is 0 Å². The summed E-state index contributed by atoms with van der Waals surface area (Å²) in [6.45, 7) is 1.71. The van der Waals surface area contributed by atoms with E-state index in [1.54, 1.807) is 13.0 Å². The molecule has 1 aromatic carbocycles. The molecule has 1 aliphatic rings. The molecule has 22 heavy (non-hydrogen) atoms. The topological polar surface area (TPSA) is 57.8 Å². The zero-order chi connectivity index (χ0) is 15.9. The molecule has 0 radical (unpaired) electrons. The predicted octanol–water partition coefficient (Wildman–Crippen LogP) is 3.02. The number of hydrogen-bond acceptors (Lipinski definition) is 2. The number of carbonyl (C=O) groups is 1. The third-order valence-corrected chi connectivity index (χ3v) is 3.85. The Morgan fingerprint density at radius 2 is 2.09 bits per heavy atom. The van der Waals surface area contributed by atoms with Crippen molar-refractivity contribution in [1.82, 2.24) is 15.5 Å². The molecule has 2 N–H and O–H groups in total. The van der Waals surface area contributed by atoms with E-state index in [1.165, 1.54) is 18.3 Å². The standard InChI is InChI=1S/C15H14F3N3O/c1-8-11(7-19-21-8)14(22)20-13-6-10(13)9-4-2-3-5-12(9)15(16,17)18/h2-5,7,10,13H,6H2,1H3,(H,19,21)(H,20,22)/t10-,13+/m0/s1. The van der Waals surface area contributed by atoms with Crippen LogP contribution in [0.5, 0.6) is 0 Å².